The molecule has 0 fully saturated rings. The summed E-state index contributed by atoms with van der Waals surface area (Å²) in [6.45, 7) is 14.3. The molecule has 7 rings (SSSR count). The average molecular weight is 1300 g/mol. The Morgan fingerprint density at radius 3 is 1.97 bits per heavy atom. The Kier molecular flexibility index (Phi) is 30.2. The van der Waals surface area contributed by atoms with Crippen LogP contribution in [0.2, 0.25) is 0 Å². The number of hydrogen-bond donors (Lipinski definition) is 5. The summed E-state index contributed by atoms with van der Waals surface area (Å²) in [6, 6.07) is 8.23. The second kappa shape index (κ2) is 38.3. The lowest BCUT2D eigenvalue weighted by atomic mass is 9.81. The fourth-order valence-corrected chi connectivity index (χ4v) is 11.2. The Hall–Kier alpha value is -7.05. The second-order valence-corrected chi connectivity index (χ2v) is 23.0. The average Bonchev–Trinajstić information content (AvgIpc) is 1.62. The van der Waals surface area contributed by atoms with Gasteiger partial charge >= 0.3 is 12.1 Å². The third-order valence-corrected chi connectivity index (χ3v) is 16.3. The van der Waals surface area contributed by atoms with E-state index in [4.69, 9.17) is 68.4 Å². The number of esters is 1. The monoisotopic (exact) mass is 1300 g/mol. The number of benzene rings is 2. The van der Waals surface area contributed by atoms with Gasteiger partial charge in [-0.3, -0.25) is 19.2 Å². The normalized spacial score (nSPS) is 16.0. The van der Waals surface area contributed by atoms with Gasteiger partial charge < -0.3 is 83.5 Å². The van der Waals surface area contributed by atoms with Crippen LogP contribution in [0.4, 0.5) is 14.9 Å². The minimum Gasteiger partial charge on any atom is -0.458 e. The van der Waals surface area contributed by atoms with Crippen LogP contribution in [0.15, 0.2) is 46.3 Å². The minimum atomic E-state index is -2.04. The van der Waals surface area contributed by atoms with Crippen molar-refractivity contribution in [1.82, 2.24) is 20.2 Å². The summed E-state index contributed by atoms with van der Waals surface area (Å²) in [5, 5.41) is 24.3. The van der Waals surface area contributed by atoms with Crippen LogP contribution < -0.4 is 27.2 Å². The van der Waals surface area contributed by atoms with Gasteiger partial charge in [-0.1, -0.05) is 44.4 Å². The van der Waals surface area contributed by atoms with Crippen LogP contribution >= 0.6 is 0 Å². The van der Waals surface area contributed by atoms with Gasteiger partial charge in [0.1, 0.15) is 19.0 Å². The molecule has 1 aliphatic carbocycles. The maximum absolute atomic E-state index is 15.5. The summed E-state index contributed by atoms with van der Waals surface area (Å²) in [6.07, 6.45) is 1.63. The number of alkyl carbamates (subject to hydrolysis) is 1. The summed E-state index contributed by atoms with van der Waals surface area (Å²) >= 11 is 0. The van der Waals surface area contributed by atoms with E-state index >= 15 is 4.39 Å². The molecule has 4 atom stereocenters. The predicted molar refractivity (Wildman–Crippen MR) is 337 cm³/mol. The number of halogens is 1. The van der Waals surface area contributed by atoms with E-state index in [1.807, 2.05) is 13.8 Å². The Balaban J connectivity index is 0.766. The number of nitrogens with zero attached hydrogens (tertiary/aromatic N) is 5. The molecule has 93 heavy (non-hydrogen) atoms. The third kappa shape index (κ3) is 21.2. The number of amides is 3. The molecule has 2 aliphatic heterocycles. The number of hydrogen-bond acceptors (Lipinski definition) is 21. The van der Waals surface area contributed by atoms with E-state index in [-0.39, 0.29) is 86.9 Å². The first-order valence-electron chi connectivity index (χ1n) is 32.0. The number of aromatic nitrogens is 2. The summed E-state index contributed by atoms with van der Waals surface area (Å²) in [7, 11) is 0. The van der Waals surface area contributed by atoms with Gasteiger partial charge in [-0.15, -0.1) is 0 Å². The summed E-state index contributed by atoms with van der Waals surface area (Å²) < 4.78 is 77.2. The zero-order valence-corrected chi connectivity index (χ0v) is 53.8. The molecule has 27 nitrogen and oxygen atoms in total. The van der Waals surface area contributed by atoms with Crippen molar-refractivity contribution in [3.63, 3.8) is 0 Å². The lowest BCUT2D eigenvalue weighted by molar-refractivity contribution is -0.172. The highest BCUT2D eigenvalue weighted by molar-refractivity contribution is 5.98. The molecule has 6 N–H and O–H groups in total. The molecule has 2 aromatic carbocycles. The van der Waals surface area contributed by atoms with Crippen LogP contribution in [0.5, 0.6) is 0 Å². The Bertz CT molecular complexity index is 3240. The van der Waals surface area contributed by atoms with Crippen molar-refractivity contribution >= 4 is 46.3 Å². The topological polar surface area (TPSA) is 353 Å². The fraction of sp³-hybridized carbons (Fsp3) is 0.615. The van der Waals surface area contributed by atoms with Crippen molar-refractivity contribution in [2.75, 3.05) is 137 Å². The second-order valence-electron chi connectivity index (χ2n) is 23.0. The maximum atomic E-state index is 15.5. The van der Waals surface area contributed by atoms with E-state index in [9.17, 15) is 33.9 Å². The van der Waals surface area contributed by atoms with Crippen molar-refractivity contribution in [3.8, 4) is 11.4 Å². The largest absolute Gasteiger partial charge is 0.458 e. The van der Waals surface area contributed by atoms with E-state index in [0.717, 1.165) is 5.56 Å². The van der Waals surface area contributed by atoms with Gasteiger partial charge in [-0.25, -0.2) is 19.0 Å². The lowest BCUT2D eigenvalue weighted by Crippen LogP contribution is -2.45. The van der Waals surface area contributed by atoms with E-state index in [2.05, 4.69) is 26.0 Å². The fourth-order valence-electron chi connectivity index (χ4n) is 11.2. The number of nitrogens with two attached hydrogens (primary N) is 1. The maximum Gasteiger partial charge on any atom is 0.407 e. The Morgan fingerprint density at radius 1 is 0.828 bits per heavy atom. The van der Waals surface area contributed by atoms with Crippen LogP contribution in [0, 0.1) is 24.6 Å². The first-order valence-corrected chi connectivity index (χ1v) is 32.0. The van der Waals surface area contributed by atoms with Crippen molar-refractivity contribution < 1.29 is 85.6 Å². The highest BCUT2D eigenvalue weighted by Gasteiger charge is 2.46. The molecule has 4 heterocycles. The Labute approximate surface area is 540 Å². The SMILES string of the molecule is CC[C@@]1(O)C(=O)OCc2c1cc1n(c2=O)Cc2c-1nc1cc(F)c(C)c3c1c2[C@@H](NC(=O)OCc1ccc(NC(=O)[C@H](CCCCN)CC(=O)[C@@H](NC(=O)CCOCCOCCOCCOCCOCCOCCOCCOCCOCCN=[N+]=[N-])C(C)C)cc1)CC3. The molecule has 4 aromatic rings. The van der Waals surface area contributed by atoms with Crippen LogP contribution in [0.1, 0.15) is 111 Å². The number of anilines is 1. The first-order chi connectivity index (χ1) is 45.1. The number of rotatable bonds is 45. The molecule has 2 aromatic heterocycles. The standard InChI is InChI=1S/C65H90FN9O18/c1-5-65(82)50-37-54-60-48(39-75(54)62(79)49(50)41-92-63(65)80)58-52(14-13-47-43(4)51(66)38-53(71-60)57(47)58)72-64(81)93-40-44-9-11-46(12-10-44)70-61(78)45(8-6-7-16-67)36-55(76)59(42(2)3)73-56(77)15-18-83-20-22-85-24-26-87-28-30-89-32-34-91-35-33-90-31-29-88-27-25-86-23-21-84-19-17-69-74-68/h9-12,37-38,42,45,52,59,82H,5-8,13-36,39-41,67H2,1-4H3,(H,70,78)(H,72,81)(H,73,77)/t45-,52+,59+,65+/m1/s1. The van der Waals surface area contributed by atoms with Crippen LogP contribution in [-0.4, -0.2) is 182 Å². The van der Waals surface area contributed by atoms with Crippen molar-refractivity contribution in [1.29, 1.82) is 0 Å². The van der Waals surface area contributed by atoms with Crippen molar-refractivity contribution in [3.05, 3.63) is 102 Å². The smallest absolute Gasteiger partial charge is 0.407 e. The van der Waals surface area contributed by atoms with E-state index in [0.29, 0.717) is 201 Å². The number of unbranched alkanes of at least 4 members (excludes halogenated alkanes) is 1. The molecule has 0 saturated carbocycles. The lowest BCUT2D eigenvalue weighted by Gasteiger charge is -2.31. The molecular formula is C65H90FN9O18. The number of ether oxygens (including phenoxy) is 11. The molecule has 28 heteroatoms. The van der Waals surface area contributed by atoms with Gasteiger partial charge in [0.15, 0.2) is 11.4 Å². The number of aliphatic hydroxyl groups is 1. The van der Waals surface area contributed by atoms with Gasteiger partial charge in [0.25, 0.3) is 5.56 Å². The number of Topliss-reactive ketones (excluding diaryl/α,β-unsaturated/α-hetero) is 1. The molecule has 0 unspecified atom stereocenters. The van der Waals surface area contributed by atoms with Gasteiger partial charge in [0.2, 0.25) is 11.8 Å². The zero-order chi connectivity index (χ0) is 66.5. The van der Waals surface area contributed by atoms with Gasteiger partial charge in [-0.05, 0) is 97.5 Å². The minimum absolute atomic E-state index is 0.0201. The van der Waals surface area contributed by atoms with Gasteiger partial charge in [0, 0.05) is 58.5 Å². The molecular weight excluding hydrogens is 1210 g/mol. The molecule has 0 saturated heterocycles. The number of nitrogens with one attached hydrogen (secondary N) is 3. The third-order valence-electron chi connectivity index (χ3n) is 16.3. The highest BCUT2D eigenvalue weighted by Crippen LogP contribution is 2.46. The summed E-state index contributed by atoms with van der Waals surface area (Å²) in [4.78, 5) is 88.8. The summed E-state index contributed by atoms with van der Waals surface area (Å²) in [5.41, 5.74) is 16.5. The quantitative estimate of drug-likeness (QED) is 0.00969. The first kappa shape index (κ1) is 73.4. The number of carbonyl (C=O) groups is 5. The van der Waals surface area contributed by atoms with Crippen LogP contribution in [0.3, 0.4) is 0 Å². The van der Waals surface area contributed by atoms with Gasteiger partial charge in [-0.2, -0.15) is 0 Å². The van der Waals surface area contributed by atoms with Crippen molar-refractivity contribution in [2.45, 2.75) is 117 Å². The molecule has 3 aliphatic rings. The number of carbonyl (C=O) groups excluding carboxylic acids is 5. The molecule has 0 bridgehead atoms. The number of ketones is 1. The van der Waals surface area contributed by atoms with E-state index in [1.54, 1.807) is 44.2 Å². The molecule has 3 amide bonds. The van der Waals surface area contributed by atoms with Gasteiger partial charge in [0.05, 0.1) is 160 Å². The number of fused-ring (bicyclic) bond motifs is 5. The zero-order valence-electron chi connectivity index (χ0n) is 53.8. The number of aryl methyl sites for hydroxylation is 1. The molecule has 0 radical (unpaired) electrons. The van der Waals surface area contributed by atoms with Crippen molar-refractivity contribution in [2.24, 2.45) is 22.7 Å². The summed E-state index contributed by atoms with van der Waals surface area (Å²) in [5.74, 6) is -3.26. The number of pyridine rings is 2. The van der Waals surface area contributed by atoms with E-state index in [1.165, 1.54) is 10.6 Å². The number of azide groups is 1. The number of cyclic esters (lactones) is 1. The molecule has 0 spiro atoms. The van der Waals surface area contributed by atoms with E-state index < -0.39 is 47.0 Å². The highest BCUT2D eigenvalue weighted by atomic mass is 19.1. The van der Waals surface area contributed by atoms with Crippen LogP contribution in [-0.2, 0) is 103 Å². The predicted octanol–water partition coefficient (Wildman–Crippen LogP) is 6.07. The Morgan fingerprint density at radius 2 is 1.41 bits per heavy atom. The molecule has 510 valence electrons. The van der Waals surface area contributed by atoms with Crippen LogP contribution in [0.25, 0.3) is 32.7 Å².